The van der Waals surface area contributed by atoms with Gasteiger partial charge < -0.3 is 10.3 Å². The van der Waals surface area contributed by atoms with Gasteiger partial charge in [0.15, 0.2) is 0 Å². The molecule has 0 radical (unpaired) electrons. The van der Waals surface area contributed by atoms with Crippen molar-refractivity contribution in [1.82, 2.24) is 4.57 Å². The molecular formula is C12H10BrClN2O. The molecule has 0 spiro atoms. The third-order valence-electron chi connectivity index (χ3n) is 2.37. The molecule has 88 valence electrons. The Labute approximate surface area is 112 Å². The second kappa shape index (κ2) is 4.94. The van der Waals surface area contributed by atoms with E-state index in [1.165, 1.54) is 6.07 Å². The zero-order valence-electron chi connectivity index (χ0n) is 8.86. The van der Waals surface area contributed by atoms with Gasteiger partial charge >= 0.3 is 0 Å². The quantitative estimate of drug-likeness (QED) is 0.926. The van der Waals surface area contributed by atoms with Crippen LogP contribution in [0.3, 0.4) is 0 Å². The fourth-order valence-corrected chi connectivity index (χ4v) is 2.22. The SMILES string of the molecule is Nc1cn(Cc2ccc(Br)cc2Cl)ccc1=O. The van der Waals surface area contributed by atoms with Gasteiger partial charge in [-0.3, -0.25) is 4.79 Å². The van der Waals surface area contributed by atoms with E-state index in [0.29, 0.717) is 11.6 Å². The minimum absolute atomic E-state index is 0.164. The molecule has 3 nitrogen and oxygen atoms in total. The molecule has 2 aromatic rings. The van der Waals surface area contributed by atoms with E-state index in [4.69, 9.17) is 17.3 Å². The van der Waals surface area contributed by atoms with Gasteiger partial charge in [0.25, 0.3) is 0 Å². The monoisotopic (exact) mass is 312 g/mol. The minimum Gasteiger partial charge on any atom is -0.394 e. The lowest BCUT2D eigenvalue weighted by molar-refractivity contribution is 0.791. The van der Waals surface area contributed by atoms with Crippen molar-refractivity contribution in [3.05, 3.63) is 61.9 Å². The van der Waals surface area contributed by atoms with Crippen LogP contribution in [-0.4, -0.2) is 4.57 Å². The first-order chi connectivity index (χ1) is 8.06. The molecule has 17 heavy (non-hydrogen) atoms. The molecule has 1 aromatic heterocycles. The molecule has 0 fully saturated rings. The highest BCUT2D eigenvalue weighted by Crippen LogP contribution is 2.22. The molecule has 0 amide bonds. The molecule has 0 aliphatic carbocycles. The highest BCUT2D eigenvalue weighted by Gasteiger charge is 2.02. The van der Waals surface area contributed by atoms with Crippen molar-refractivity contribution >= 4 is 33.2 Å². The topological polar surface area (TPSA) is 48.0 Å². The minimum atomic E-state index is -0.164. The van der Waals surface area contributed by atoms with E-state index in [-0.39, 0.29) is 11.1 Å². The Bertz CT molecular complexity index is 610. The van der Waals surface area contributed by atoms with Crippen LogP contribution in [0.2, 0.25) is 5.02 Å². The van der Waals surface area contributed by atoms with Crippen molar-refractivity contribution in [3.8, 4) is 0 Å². The third kappa shape index (κ3) is 2.90. The van der Waals surface area contributed by atoms with Crippen molar-refractivity contribution in [3.63, 3.8) is 0 Å². The number of nitrogen functional groups attached to an aromatic ring is 1. The Hall–Kier alpha value is -1.26. The van der Waals surface area contributed by atoms with E-state index in [2.05, 4.69) is 15.9 Å². The first-order valence-corrected chi connectivity index (χ1v) is 6.13. The predicted molar refractivity (Wildman–Crippen MR) is 73.4 cm³/mol. The van der Waals surface area contributed by atoms with E-state index in [1.54, 1.807) is 12.4 Å². The van der Waals surface area contributed by atoms with Crippen LogP contribution in [0, 0.1) is 0 Å². The molecule has 0 saturated carbocycles. The van der Waals surface area contributed by atoms with Gasteiger partial charge in [0.1, 0.15) is 0 Å². The summed E-state index contributed by atoms with van der Waals surface area (Å²) in [5.41, 5.74) is 6.61. The lowest BCUT2D eigenvalue weighted by Gasteiger charge is -2.09. The van der Waals surface area contributed by atoms with E-state index in [1.807, 2.05) is 22.8 Å². The Morgan fingerprint density at radius 2 is 2.12 bits per heavy atom. The Morgan fingerprint density at radius 3 is 2.76 bits per heavy atom. The number of pyridine rings is 1. The van der Waals surface area contributed by atoms with Crippen LogP contribution in [0.5, 0.6) is 0 Å². The van der Waals surface area contributed by atoms with Crippen LogP contribution in [0.15, 0.2) is 45.9 Å². The molecule has 0 unspecified atom stereocenters. The lowest BCUT2D eigenvalue weighted by Crippen LogP contribution is -2.11. The summed E-state index contributed by atoms with van der Waals surface area (Å²) >= 11 is 9.46. The normalized spacial score (nSPS) is 10.5. The van der Waals surface area contributed by atoms with Crippen LogP contribution >= 0.6 is 27.5 Å². The summed E-state index contributed by atoms with van der Waals surface area (Å²) in [6.45, 7) is 0.580. The summed E-state index contributed by atoms with van der Waals surface area (Å²) in [5, 5.41) is 0.677. The van der Waals surface area contributed by atoms with Crippen molar-refractivity contribution < 1.29 is 0 Å². The summed E-state index contributed by atoms with van der Waals surface area (Å²) in [7, 11) is 0. The van der Waals surface area contributed by atoms with Gasteiger partial charge in [0.05, 0.1) is 5.69 Å². The number of halogens is 2. The number of hydrogen-bond acceptors (Lipinski definition) is 2. The smallest absolute Gasteiger partial charge is 0.204 e. The summed E-state index contributed by atoms with van der Waals surface area (Å²) in [6.07, 6.45) is 3.30. The first-order valence-electron chi connectivity index (χ1n) is 4.96. The number of nitrogens with zero attached hydrogens (tertiary/aromatic N) is 1. The zero-order valence-corrected chi connectivity index (χ0v) is 11.2. The molecule has 0 saturated heterocycles. The summed E-state index contributed by atoms with van der Waals surface area (Å²) in [4.78, 5) is 11.2. The average Bonchev–Trinajstić information content (AvgIpc) is 2.27. The van der Waals surface area contributed by atoms with Gasteiger partial charge in [-0.1, -0.05) is 33.6 Å². The van der Waals surface area contributed by atoms with Crippen LogP contribution in [-0.2, 0) is 6.54 Å². The second-order valence-electron chi connectivity index (χ2n) is 3.67. The summed E-state index contributed by atoms with van der Waals surface area (Å²) < 4.78 is 2.76. The van der Waals surface area contributed by atoms with Gasteiger partial charge in [0, 0.05) is 34.5 Å². The van der Waals surface area contributed by atoms with Crippen LogP contribution in [0.25, 0.3) is 0 Å². The standard InChI is InChI=1S/C12H10BrClN2O/c13-9-2-1-8(10(14)5-9)6-16-4-3-12(17)11(15)7-16/h1-5,7H,6,15H2. The molecule has 0 aliphatic rings. The Balaban J connectivity index is 2.31. The summed E-state index contributed by atoms with van der Waals surface area (Å²) in [6, 6.07) is 7.14. The van der Waals surface area contributed by atoms with Crippen molar-refractivity contribution in [2.45, 2.75) is 6.54 Å². The second-order valence-corrected chi connectivity index (χ2v) is 5.00. The maximum atomic E-state index is 11.2. The van der Waals surface area contributed by atoms with Gasteiger partial charge in [-0.25, -0.2) is 0 Å². The number of rotatable bonds is 2. The van der Waals surface area contributed by atoms with E-state index >= 15 is 0 Å². The number of aromatic nitrogens is 1. The van der Waals surface area contributed by atoms with Crippen molar-refractivity contribution in [2.75, 3.05) is 5.73 Å². The van der Waals surface area contributed by atoms with Gasteiger partial charge in [-0.05, 0) is 17.7 Å². The fourth-order valence-electron chi connectivity index (χ4n) is 1.49. The van der Waals surface area contributed by atoms with Gasteiger partial charge in [0.2, 0.25) is 5.43 Å². The number of nitrogens with two attached hydrogens (primary N) is 1. The number of anilines is 1. The molecule has 5 heteroatoms. The van der Waals surface area contributed by atoms with Crippen molar-refractivity contribution in [2.24, 2.45) is 0 Å². The largest absolute Gasteiger partial charge is 0.394 e. The van der Waals surface area contributed by atoms with E-state index < -0.39 is 0 Å². The maximum absolute atomic E-state index is 11.2. The molecular weight excluding hydrogens is 304 g/mol. The molecule has 1 aromatic carbocycles. The average molecular weight is 314 g/mol. The molecule has 1 heterocycles. The molecule has 2 N–H and O–H groups in total. The Morgan fingerprint density at radius 1 is 1.35 bits per heavy atom. The molecule has 0 bridgehead atoms. The van der Waals surface area contributed by atoms with Gasteiger partial charge in [-0.2, -0.15) is 0 Å². The highest BCUT2D eigenvalue weighted by molar-refractivity contribution is 9.10. The number of benzene rings is 1. The number of hydrogen-bond donors (Lipinski definition) is 1. The zero-order chi connectivity index (χ0) is 12.4. The summed E-state index contributed by atoms with van der Waals surface area (Å²) in [5.74, 6) is 0. The third-order valence-corrected chi connectivity index (χ3v) is 3.22. The van der Waals surface area contributed by atoms with E-state index in [9.17, 15) is 4.79 Å². The molecule has 2 rings (SSSR count). The fraction of sp³-hybridized carbons (Fsp3) is 0.0833. The Kier molecular flexibility index (Phi) is 3.54. The van der Waals surface area contributed by atoms with Crippen LogP contribution in [0.1, 0.15) is 5.56 Å². The van der Waals surface area contributed by atoms with Crippen LogP contribution < -0.4 is 11.2 Å². The molecule has 0 aliphatic heterocycles. The predicted octanol–water partition coefficient (Wildman–Crippen LogP) is 2.89. The lowest BCUT2D eigenvalue weighted by atomic mass is 10.2. The van der Waals surface area contributed by atoms with Gasteiger partial charge in [-0.15, -0.1) is 0 Å². The van der Waals surface area contributed by atoms with Crippen LogP contribution in [0.4, 0.5) is 5.69 Å². The maximum Gasteiger partial charge on any atom is 0.204 e. The van der Waals surface area contributed by atoms with E-state index in [0.717, 1.165) is 10.0 Å². The molecule has 0 atom stereocenters. The van der Waals surface area contributed by atoms with Crippen molar-refractivity contribution in [1.29, 1.82) is 0 Å². The highest BCUT2D eigenvalue weighted by atomic mass is 79.9. The first kappa shape index (κ1) is 12.2.